The van der Waals surface area contributed by atoms with Crippen LogP contribution in [0, 0.1) is 0 Å². The summed E-state index contributed by atoms with van der Waals surface area (Å²) in [7, 11) is 0. The average molecular weight is 470 g/mol. The van der Waals surface area contributed by atoms with Crippen molar-refractivity contribution in [2.45, 2.75) is 44.9 Å². The highest BCUT2D eigenvalue weighted by Gasteiger charge is 2.23. The van der Waals surface area contributed by atoms with Crippen LogP contribution in [-0.2, 0) is 19.1 Å². The highest BCUT2D eigenvalue weighted by molar-refractivity contribution is 6.00. The molecular formula is C23H26N4O7. The first-order chi connectivity index (χ1) is 16.4. The summed E-state index contributed by atoms with van der Waals surface area (Å²) in [6, 6.07) is 8.05. The van der Waals surface area contributed by atoms with Crippen molar-refractivity contribution < 1.29 is 29.0 Å². The van der Waals surface area contributed by atoms with Crippen LogP contribution in [-0.4, -0.2) is 45.1 Å². The molecule has 180 valence electrons. The maximum atomic E-state index is 12.0. The summed E-state index contributed by atoms with van der Waals surface area (Å²) in [5, 5.41) is 12.4. The molecule has 11 heteroatoms. The molecule has 0 saturated carbocycles. The minimum atomic E-state index is -0.674. The zero-order valence-corrected chi connectivity index (χ0v) is 18.6. The SMILES string of the molecule is CCC/C(=N\O)c1ccc(OC(=O)CCC(=O)OCC2C=CC(n3ccc(N)nc3=O)O2)cc1. The third kappa shape index (κ3) is 6.75. The zero-order chi connectivity index (χ0) is 24.5. The number of carbonyl (C=O) groups is 2. The number of nitrogen functional groups attached to an aromatic ring is 1. The monoisotopic (exact) mass is 470 g/mol. The van der Waals surface area contributed by atoms with E-state index >= 15 is 0 Å². The molecule has 11 nitrogen and oxygen atoms in total. The minimum Gasteiger partial charge on any atom is -0.463 e. The summed E-state index contributed by atoms with van der Waals surface area (Å²) < 4.78 is 17.3. The second kappa shape index (κ2) is 11.8. The number of aromatic nitrogens is 2. The van der Waals surface area contributed by atoms with Crippen LogP contribution in [0.4, 0.5) is 5.82 Å². The molecule has 0 aliphatic carbocycles. The van der Waals surface area contributed by atoms with Crippen molar-refractivity contribution in [3.63, 3.8) is 0 Å². The van der Waals surface area contributed by atoms with Gasteiger partial charge in [0.15, 0.2) is 6.23 Å². The van der Waals surface area contributed by atoms with E-state index in [0.717, 1.165) is 12.0 Å². The van der Waals surface area contributed by atoms with Crippen LogP contribution in [0.2, 0.25) is 0 Å². The highest BCUT2D eigenvalue weighted by atomic mass is 16.6. The summed E-state index contributed by atoms with van der Waals surface area (Å²) in [6.07, 6.45) is 4.72. The van der Waals surface area contributed by atoms with Crippen LogP contribution in [0.5, 0.6) is 5.75 Å². The fourth-order valence-corrected chi connectivity index (χ4v) is 3.20. The molecule has 0 spiro atoms. The molecule has 2 aromatic rings. The molecular weight excluding hydrogens is 444 g/mol. The maximum absolute atomic E-state index is 12.0. The molecule has 0 amide bonds. The first-order valence-electron chi connectivity index (χ1n) is 10.8. The van der Waals surface area contributed by atoms with E-state index in [0.29, 0.717) is 17.9 Å². The second-order valence-electron chi connectivity index (χ2n) is 7.47. The molecule has 3 rings (SSSR count). The van der Waals surface area contributed by atoms with Crippen molar-refractivity contribution in [1.82, 2.24) is 9.55 Å². The number of oxime groups is 1. The number of anilines is 1. The number of rotatable bonds is 10. The summed E-state index contributed by atoms with van der Waals surface area (Å²) >= 11 is 0. The molecule has 2 atom stereocenters. The molecule has 1 aromatic heterocycles. The lowest BCUT2D eigenvalue weighted by atomic mass is 10.1. The number of hydrogen-bond donors (Lipinski definition) is 2. The molecule has 0 bridgehead atoms. The van der Waals surface area contributed by atoms with Gasteiger partial charge in [-0.2, -0.15) is 4.98 Å². The van der Waals surface area contributed by atoms with E-state index in [4.69, 9.17) is 25.2 Å². The third-order valence-corrected chi connectivity index (χ3v) is 4.90. The molecule has 3 N–H and O–H groups in total. The molecule has 34 heavy (non-hydrogen) atoms. The zero-order valence-electron chi connectivity index (χ0n) is 18.6. The van der Waals surface area contributed by atoms with Crippen molar-refractivity contribution in [1.29, 1.82) is 0 Å². The molecule has 1 aliphatic rings. The Morgan fingerprint density at radius 1 is 1.15 bits per heavy atom. The third-order valence-electron chi connectivity index (χ3n) is 4.90. The van der Waals surface area contributed by atoms with Crippen molar-refractivity contribution in [3.8, 4) is 5.75 Å². The van der Waals surface area contributed by atoms with Crippen LogP contribution in [0.25, 0.3) is 0 Å². The Labute approximate surface area is 195 Å². The van der Waals surface area contributed by atoms with Crippen molar-refractivity contribution in [2.75, 3.05) is 12.3 Å². The largest absolute Gasteiger partial charge is 0.463 e. The van der Waals surface area contributed by atoms with Gasteiger partial charge in [-0.15, -0.1) is 0 Å². The number of ether oxygens (including phenoxy) is 3. The summed E-state index contributed by atoms with van der Waals surface area (Å²) in [4.78, 5) is 39.5. The van der Waals surface area contributed by atoms with E-state index in [-0.39, 0.29) is 25.3 Å². The predicted octanol–water partition coefficient (Wildman–Crippen LogP) is 2.19. The Morgan fingerprint density at radius 3 is 2.56 bits per heavy atom. The van der Waals surface area contributed by atoms with Crippen LogP contribution >= 0.6 is 0 Å². The van der Waals surface area contributed by atoms with Gasteiger partial charge in [0.1, 0.15) is 24.3 Å². The lowest BCUT2D eigenvalue weighted by Crippen LogP contribution is -2.28. The van der Waals surface area contributed by atoms with Crippen LogP contribution in [0.3, 0.4) is 0 Å². The van der Waals surface area contributed by atoms with Crippen LogP contribution in [0.15, 0.2) is 58.6 Å². The minimum absolute atomic E-state index is 0.0635. The van der Waals surface area contributed by atoms with Gasteiger partial charge in [-0.05, 0) is 48.4 Å². The van der Waals surface area contributed by atoms with Crippen molar-refractivity contribution in [2.24, 2.45) is 5.16 Å². The maximum Gasteiger partial charge on any atom is 0.351 e. The molecule has 0 radical (unpaired) electrons. The van der Waals surface area contributed by atoms with Gasteiger partial charge in [0.05, 0.1) is 18.6 Å². The normalized spacial score (nSPS) is 17.5. The van der Waals surface area contributed by atoms with E-state index < -0.39 is 30.0 Å². The van der Waals surface area contributed by atoms with Gasteiger partial charge in [-0.25, -0.2) is 4.79 Å². The summed E-state index contributed by atoms with van der Waals surface area (Å²) in [6.45, 7) is 1.91. The Kier molecular flexibility index (Phi) is 8.52. The number of benzene rings is 1. The quantitative estimate of drug-likeness (QED) is 0.133. The van der Waals surface area contributed by atoms with Gasteiger partial charge in [0, 0.05) is 6.20 Å². The first-order valence-corrected chi connectivity index (χ1v) is 10.8. The van der Waals surface area contributed by atoms with Gasteiger partial charge >= 0.3 is 17.6 Å². The Hall–Kier alpha value is -3.99. The van der Waals surface area contributed by atoms with E-state index in [1.165, 1.54) is 16.8 Å². The Morgan fingerprint density at radius 2 is 1.88 bits per heavy atom. The standard InChI is InChI=1S/C23H26N4O7/c1-2-3-18(26-31)15-4-6-16(7-5-15)34-22(29)11-10-21(28)32-14-17-8-9-20(33-17)27-13-12-19(24)25-23(27)30/h4-9,12-13,17,20,31H,2-3,10-11,14H2,1H3,(H2,24,25,30)/b26-18+. The van der Waals surface area contributed by atoms with Crippen LogP contribution < -0.4 is 16.2 Å². The van der Waals surface area contributed by atoms with E-state index in [2.05, 4.69) is 10.1 Å². The lowest BCUT2D eigenvalue weighted by molar-refractivity contribution is -0.150. The number of nitrogens with zero attached hydrogens (tertiary/aromatic N) is 3. The smallest absolute Gasteiger partial charge is 0.351 e. The molecule has 1 aliphatic heterocycles. The van der Waals surface area contributed by atoms with Gasteiger partial charge < -0.3 is 25.2 Å². The van der Waals surface area contributed by atoms with Crippen molar-refractivity contribution in [3.05, 3.63) is 64.7 Å². The van der Waals surface area contributed by atoms with E-state index in [1.54, 1.807) is 36.4 Å². The fourth-order valence-electron chi connectivity index (χ4n) is 3.20. The average Bonchev–Trinajstić information content (AvgIpc) is 3.29. The number of carbonyl (C=O) groups excluding carboxylic acids is 2. The number of nitrogens with two attached hydrogens (primary N) is 1. The van der Waals surface area contributed by atoms with Crippen molar-refractivity contribution >= 4 is 23.5 Å². The molecule has 1 aromatic carbocycles. The summed E-state index contributed by atoms with van der Waals surface area (Å²) in [5.74, 6) is -0.732. The lowest BCUT2D eigenvalue weighted by Gasteiger charge is -2.16. The Bertz CT molecular complexity index is 1120. The second-order valence-corrected chi connectivity index (χ2v) is 7.47. The predicted molar refractivity (Wildman–Crippen MR) is 121 cm³/mol. The number of hydrogen-bond acceptors (Lipinski definition) is 10. The molecule has 0 fully saturated rings. The molecule has 0 saturated heterocycles. The fraction of sp³-hybridized carbons (Fsp3) is 0.348. The summed E-state index contributed by atoms with van der Waals surface area (Å²) in [5.41, 5.74) is 6.20. The molecule has 2 heterocycles. The highest BCUT2D eigenvalue weighted by Crippen LogP contribution is 2.20. The van der Waals surface area contributed by atoms with E-state index in [1.807, 2.05) is 6.92 Å². The van der Waals surface area contributed by atoms with Gasteiger partial charge in [0.2, 0.25) is 0 Å². The Balaban J connectivity index is 1.38. The molecule has 2 unspecified atom stereocenters. The van der Waals surface area contributed by atoms with Gasteiger partial charge in [-0.1, -0.05) is 24.6 Å². The van der Waals surface area contributed by atoms with E-state index in [9.17, 15) is 14.4 Å². The van der Waals surface area contributed by atoms with Gasteiger partial charge in [0.25, 0.3) is 0 Å². The first kappa shape index (κ1) is 24.6. The van der Waals surface area contributed by atoms with Gasteiger partial charge in [-0.3, -0.25) is 14.2 Å². The number of esters is 2. The topological polar surface area (TPSA) is 155 Å². The van der Waals surface area contributed by atoms with Crippen LogP contribution in [0.1, 0.15) is 44.4 Å².